The molecule has 0 bridgehead atoms. The lowest BCUT2D eigenvalue weighted by Crippen LogP contribution is -2.34. The van der Waals surface area contributed by atoms with Crippen LogP contribution in [0.3, 0.4) is 0 Å². The van der Waals surface area contributed by atoms with E-state index in [4.69, 9.17) is 4.52 Å². The zero-order valence-corrected chi connectivity index (χ0v) is 19.5. The number of nitrogens with zero attached hydrogens (tertiary/aromatic N) is 3. The van der Waals surface area contributed by atoms with Crippen molar-refractivity contribution < 1.29 is 13.7 Å². The average Bonchev–Trinajstić information content (AvgIpc) is 3.26. The third kappa shape index (κ3) is 5.44. The molecule has 33 heavy (non-hydrogen) atoms. The van der Waals surface area contributed by atoms with E-state index in [1.54, 1.807) is 23.1 Å². The van der Waals surface area contributed by atoms with Gasteiger partial charge in [-0.05, 0) is 43.7 Å². The van der Waals surface area contributed by atoms with Crippen molar-refractivity contribution >= 4 is 11.8 Å². The lowest BCUT2D eigenvalue weighted by molar-refractivity contribution is 0.0731. The van der Waals surface area contributed by atoms with Gasteiger partial charge >= 0.3 is 0 Å². The predicted octanol–water partition coefficient (Wildman–Crippen LogP) is 6.16. The highest BCUT2D eigenvalue weighted by molar-refractivity contribution is 5.94. The van der Waals surface area contributed by atoms with Gasteiger partial charge in [-0.25, -0.2) is 4.39 Å². The summed E-state index contributed by atoms with van der Waals surface area (Å²) in [6, 6.07) is 16.1. The molecule has 6 heteroatoms. The molecule has 2 heterocycles. The molecule has 0 atom stereocenters. The van der Waals surface area contributed by atoms with E-state index < -0.39 is 5.82 Å². The van der Waals surface area contributed by atoms with E-state index in [2.05, 4.69) is 23.9 Å². The SMILES string of the molecule is CC(C)CCN(Cc1c(-c2ccccc2)noc1N1CCCCC1)C(=O)c1ccccc1F. The molecule has 2 aromatic carbocycles. The van der Waals surface area contributed by atoms with Gasteiger partial charge in [0.15, 0.2) is 0 Å². The van der Waals surface area contributed by atoms with Gasteiger partial charge in [0.2, 0.25) is 5.88 Å². The Balaban J connectivity index is 1.72. The number of benzene rings is 2. The van der Waals surface area contributed by atoms with Crippen molar-refractivity contribution in [2.75, 3.05) is 24.5 Å². The van der Waals surface area contributed by atoms with Gasteiger partial charge in [0.25, 0.3) is 5.91 Å². The number of hydrogen-bond donors (Lipinski definition) is 0. The van der Waals surface area contributed by atoms with Crippen molar-refractivity contribution in [1.29, 1.82) is 0 Å². The Kier molecular flexibility index (Phi) is 7.43. The number of rotatable bonds is 8. The Hall–Kier alpha value is -3.15. The zero-order valence-electron chi connectivity index (χ0n) is 19.5. The normalized spacial score (nSPS) is 14.0. The van der Waals surface area contributed by atoms with Crippen molar-refractivity contribution in [2.24, 2.45) is 5.92 Å². The van der Waals surface area contributed by atoms with E-state index in [0.717, 1.165) is 55.1 Å². The summed E-state index contributed by atoms with van der Waals surface area (Å²) in [7, 11) is 0. The van der Waals surface area contributed by atoms with Crippen molar-refractivity contribution in [1.82, 2.24) is 10.1 Å². The number of carbonyl (C=O) groups is 1. The first-order valence-electron chi connectivity index (χ1n) is 11.9. The van der Waals surface area contributed by atoms with Crippen LogP contribution in [0.1, 0.15) is 55.5 Å². The van der Waals surface area contributed by atoms with E-state index in [0.29, 0.717) is 19.0 Å². The average molecular weight is 450 g/mol. The maximum atomic E-state index is 14.5. The van der Waals surface area contributed by atoms with Gasteiger partial charge in [0.1, 0.15) is 11.5 Å². The fraction of sp³-hybridized carbons (Fsp3) is 0.407. The summed E-state index contributed by atoms with van der Waals surface area (Å²) in [5.41, 5.74) is 2.67. The predicted molar refractivity (Wildman–Crippen MR) is 129 cm³/mol. The van der Waals surface area contributed by atoms with Gasteiger partial charge in [0.05, 0.1) is 17.7 Å². The molecular weight excluding hydrogens is 417 g/mol. The Morgan fingerprint density at radius 2 is 1.76 bits per heavy atom. The lowest BCUT2D eigenvalue weighted by atomic mass is 10.0. The highest BCUT2D eigenvalue weighted by Gasteiger charge is 2.28. The van der Waals surface area contributed by atoms with Crippen LogP contribution in [0.2, 0.25) is 0 Å². The molecule has 1 amide bonds. The standard InChI is InChI=1S/C27H32FN3O2/c1-20(2)15-18-31(26(32)22-13-7-8-14-24(22)28)19-23-25(21-11-5-3-6-12-21)29-33-27(23)30-16-9-4-10-17-30/h3,5-8,11-14,20H,4,9-10,15-19H2,1-2H3. The van der Waals surface area contributed by atoms with Crippen LogP contribution < -0.4 is 4.90 Å². The first kappa shape index (κ1) is 23.0. The highest BCUT2D eigenvalue weighted by Crippen LogP contribution is 2.34. The molecule has 0 N–H and O–H groups in total. The van der Waals surface area contributed by atoms with Crippen LogP contribution in [0.15, 0.2) is 59.1 Å². The van der Waals surface area contributed by atoms with E-state index in [1.807, 2.05) is 30.3 Å². The molecule has 5 nitrogen and oxygen atoms in total. The Morgan fingerprint density at radius 1 is 1.06 bits per heavy atom. The number of aromatic nitrogens is 1. The summed E-state index contributed by atoms with van der Waals surface area (Å²) in [6.45, 7) is 6.91. The van der Waals surface area contributed by atoms with E-state index in [9.17, 15) is 9.18 Å². The molecule has 0 radical (unpaired) electrons. The molecule has 0 spiro atoms. The van der Waals surface area contributed by atoms with Crippen LogP contribution in [0, 0.1) is 11.7 Å². The molecular formula is C27H32FN3O2. The van der Waals surface area contributed by atoms with Gasteiger partial charge in [-0.3, -0.25) is 4.79 Å². The molecule has 0 aliphatic carbocycles. The third-order valence-electron chi connectivity index (χ3n) is 6.17. The third-order valence-corrected chi connectivity index (χ3v) is 6.17. The molecule has 1 aromatic heterocycles. The number of hydrogen-bond acceptors (Lipinski definition) is 4. The van der Waals surface area contributed by atoms with Crippen molar-refractivity contribution in [3.05, 3.63) is 71.5 Å². The molecule has 3 aromatic rings. The molecule has 1 aliphatic heterocycles. The summed E-state index contributed by atoms with van der Waals surface area (Å²) in [5, 5.41) is 4.43. The van der Waals surface area contributed by atoms with Crippen LogP contribution in [0.4, 0.5) is 10.3 Å². The largest absolute Gasteiger partial charge is 0.340 e. The van der Waals surface area contributed by atoms with Crippen LogP contribution in [0.5, 0.6) is 0 Å². The topological polar surface area (TPSA) is 49.6 Å². The van der Waals surface area contributed by atoms with Gasteiger partial charge in [-0.1, -0.05) is 61.5 Å². The second kappa shape index (κ2) is 10.6. The summed E-state index contributed by atoms with van der Waals surface area (Å²) in [5.74, 6) is 0.337. The molecule has 1 saturated heterocycles. The molecule has 0 saturated carbocycles. The fourth-order valence-corrected chi connectivity index (χ4v) is 4.27. The van der Waals surface area contributed by atoms with Gasteiger partial charge in [-0.2, -0.15) is 0 Å². The first-order chi connectivity index (χ1) is 16.0. The van der Waals surface area contributed by atoms with Crippen molar-refractivity contribution in [3.8, 4) is 11.3 Å². The summed E-state index contributed by atoms with van der Waals surface area (Å²) >= 11 is 0. The van der Waals surface area contributed by atoms with Gasteiger partial charge < -0.3 is 14.3 Å². The number of piperidine rings is 1. The summed E-state index contributed by atoms with van der Waals surface area (Å²) in [4.78, 5) is 17.4. The smallest absolute Gasteiger partial charge is 0.257 e. The van der Waals surface area contributed by atoms with Gasteiger partial charge in [0, 0.05) is 25.2 Å². The number of anilines is 1. The van der Waals surface area contributed by atoms with Crippen molar-refractivity contribution in [2.45, 2.75) is 46.1 Å². The molecule has 4 rings (SSSR count). The minimum atomic E-state index is -0.498. The van der Waals surface area contributed by atoms with Crippen LogP contribution in [0.25, 0.3) is 11.3 Å². The summed E-state index contributed by atoms with van der Waals surface area (Å²) < 4.78 is 20.4. The number of amides is 1. The van der Waals surface area contributed by atoms with Crippen LogP contribution >= 0.6 is 0 Å². The van der Waals surface area contributed by atoms with Gasteiger partial charge in [-0.15, -0.1) is 0 Å². The maximum Gasteiger partial charge on any atom is 0.257 e. The zero-order chi connectivity index (χ0) is 23.2. The number of halogens is 1. The minimum absolute atomic E-state index is 0.0958. The van der Waals surface area contributed by atoms with Crippen LogP contribution in [-0.4, -0.2) is 35.6 Å². The molecule has 1 aliphatic rings. The maximum absolute atomic E-state index is 14.5. The first-order valence-corrected chi connectivity index (χ1v) is 11.9. The number of carbonyl (C=O) groups excluding carboxylic acids is 1. The van der Waals surface area contributed by atoms with E-state index >= 15 is 0 Å². The second-order valence-electron chi connectivity index (χ2n) is 9.12. The molecule has 174 valence electrons. The summed E-state index contributed by atoms with van der Waals surface area (Å²) in [6.07, 6.45) is 4.24. The Labute approximate surface area is 195 Å². The van der Waals surface area contributed by atoms with Crippen molar-refractivity contribution in [3.63, 3.8) is 0 Å². The second-order valence-corrected chi connectivity index (χ2v) is 9.12. The Bertz CT molecular complexity index is 1060. The van der Waals surface area contributed by atoms with Crippen LogP contribution in [-0.2, 0) is 6.54 Å². The highest BCUT2D eigenvalue weighted by atomic mass is 19.1. The molecule has 0 unspecified atom stereocenters. The van der Waals surface area contributed by atoms with E-state index in [-0.39, 0.29) is 11.5 Å². The Morgan fingerprint density at radius 3 is 2.45 bits per heavy atom. The molecule has 1 fully saturated rings. The monoisotopic (exact) mass is 449 g/mol. The lowest BCUT2D eigenvalue weighted by Gasteiger charge is -2.29. The fourth-order valence-electron chi connectivity index (χ4n) is 4.27. The quantitative estimate of drug-likeness (QED) is 0.413. The van der Waals surface area contributed by atoms with E-state index in [1.165, 1.54) is 12.5 Å². The minimum Gasteiger partial charge on any atom is -0.340 e.